The number of rotatable bonds is 5. The minimum Gasteiger partial charge on any atom is -0.508 e. The first-order valence-electron chi connectivity index (χ1n) is 11.6. The van der Waals surface area contributed by atoms with E-state index in [1.165, 1.54) is 33.4 Å². The first-order chi connectivity index (χ1) is 13.8. The molecule has 2 N–H and O–H groups in total. The van der Waals surface area contributed by atoms with Crippen molar-refractivity contribution in [3.8, 4) is 22.6 Å². The van der Waals surface area contributed by atoms with Gasteiger partial charge in [-0.1, -0.05) is 69.2 Å². The Hall–Kier alpha value is -1.96. The molecule has 0 radical (unpaired) electrons. The molecule has 166 valence electrons. The first kappa shape index (κ1) is 24.3. The molecule has 2 heteroatoms. The van der Waals surface area contributed by atoms with Gasteiger partial charge < -0.3 is 10.2 Å². The third kappa shape index (κ3) is 4.24. The van der Waals surface area contributed by atoms with Gasteiger partial charge in [0.05, 0.1) is 0 Å². The van der Waals surface area contributed by atoms with Crippen molar-refractivity contribution in [1.82, 2.24) is 0 Å². The van der Waals surface area contributed by atoms with Crippen LogP contribution in [0.15, 0.2) is 12.1 Å². The predicted molar refractivity (Wildman–Crippen MR) is 130 cm³/mol. The molecule has 0 aliphatic carbocycles. The maximum Gasteiger partial charge on any atom is 0.119 e. The highest BCUT2D eigenvalue weighted by atomic mass is 16.3. The van der Waals surface area contributed by atoms with E-state index in [0.717, 1.165) is 36.8 Å². The molecule has 0 heterocycles. The summed E-state index contributed by atoms with van der Waals surface area (Å²) < 4.78 is 0. The van der Waals surface area contributed by atoms with Gasteiger partial charge in [0.1, 0.15) is 11.5 Å². The van der Waals surface area contributed by atoms with Crippen LogP contribution in [-0.2, 0) is 36.5 Å². The van der Waals surface area contributed by atoms with Gasteiger partial charge in [-0.3, -0.25) is 0 Å². The minimum atomic E-state index is -0.118. The molecule has 0 saturated heterocycles. The molecule has 2 aromatic rings. The highest BCUT2D eigenvalue weighted by molar-refractivity contribution is 5.83. The van der Waals surface area contributed by atoms with E-state index in [1.54, 1.807) is 0 Å². The van der Waals surface area contributed by atoms with Crippen molar-refractivity contribution < 1.29 is 10.2 Å². The Bertz CT molecular complexity index is 844. The molecule has 0 spiro atoms. The number of phenolic OH excluding ortho intramolecular Hbond substituents is 2. The van der Waals surface area contributed by atoms with Crippen molar-refractivity contribution in [3.63, 3.8) is 0 Å². The van der Waals surface area contributed by atoms with E-state index in [2.05, 4.69) is 69.2 Å². The van der Waals surface area contributed by atoms with Crippen LogP contribution in [0.25, 0.3) is 11.1 Å². The number of hydrogen-bond donors (Lipinski definition) is 2. The van der Waals surface area contributed by atoms with Gasteiger partial charge >= 0.3 is 0 Å². The maximum absolute atomic E-state index is 10.9. The summed E-state index contributed by atoms with van der Waals surface area (Å²) in [6.45, 7) is 21.9. The van der Waals surface area contributed by atoms with Crippen LogP contribution in [0.5, 0.6) is 11.5 Å². The Labute approximate surface area is 184 Å². The van der Waals surface area contributed by atoms with E-state index in [0.29, 0.717) is 11.5 Å². The fourth-order valence-corrected chi connectivity index (χ4v) is 4.85. The van der Waals surface area contributed by atoms with Gasteiger partial charge in [0.2, 0.25) is 0 Å². The van der Waals surface area contributed by atoms with E-state index in [4.69, 9.17) is 0 Å². The summed E-state index contributed by atoms with van der Waals surface area (Å²) in [5.41, 5.74) is 9.27. The molecule has 2 nitrogen and oxygen atoms in total. The SMILES string of the molecule is CCc1c(O)cc(C(C)(C)C)c(-c2c(C(C)(C)C)cc(O)c(CC)c2CC)c1CC. The highest BCUT2D eigenvalue weighted by Gasteiger charge is 2.31. The third-order valence-electron chi connectivity index (χ3n) is 6.33. The van der Waals surface area contributed by atoms with Crippen LogP contribution < -0.4 is 0 Å². The maximum atomic E-state index is 10.9. The number of hydrogen-bond acceptors (Lipinski definition) is 2. The van der Waals surface area contributed by atoms with Gasteiger partial charge in [-0.25, -0.2) is 0 Å². The first-order valence-corrected chi connectivity index (χ1v) is 11.6. The number of phenols is 2. The molecular formula is C28H42O2. The van der Waals surface area contributed by atoms with Crippen molar-refractivity contribution >= 4 is 0 Å². The standard InChI is InChI=1S/C28H42O2/c1-11-17-19(13-3)25(21(15-23(17)29)27(5,6)7)26-20(14-4)18(12-2)24(30)16-22(26)28(8,9)10/h15-16,29-30H,11-14H2,1-10H3. The van der Waals surface area contributed by atoms with Crippen LogP contribution >= 0.6 is 0 Å². The molecule has 0 bridgehead atoms. The van der Waals surface area contributed by atoms with E-state index >= 15 is 0 Å². The number of benzene rings is 2. The van der Waals surface area contributed by atoms with Crippen LogP contribution in [0.4, 0.5) is 0 Å². The minimum absolute atomic E-state index is 0.118. The summed E-state index contributed by atoms with van der Waals surface area (Å²) in [4.78, 5) is 0. The van der Waals surface area contributed by atoms with E-state index < -0.39 is 0 Å². The lowest BCUT2D eigenvalue weighted by Crippen LogP contribution is -2.20. The molecule has 2 rings (SSSR count). The van der Waals surface area contributed by atoms with E-state index in [1.807, 2.05) is 12.1 Å². The topological polar surface area (TPSA) is 40.5 Å². The Balaban J connectivity index is 3.25. The summed E-state index contributed by atoms with van der Waals surface area (Å²) in [6, 6.07) is 4.00. The van der Waals surface area contributed by atoms with Gasteiger partial charge in [-0.15, -0.1) is 0 Å². The Kier molecular flexibility index (Phi) is 7.01. The lowest BCUT2D eigenvalue weighted by molar-refractivity contribution is 0.462. The lowest BCUT2D eigenvalue weighted by Gasteiger charge is -2.33. The summed E-state index contributed by atoms with van der Waals surface area (Å²) >= 11 is 0. The predicted octanol–water partition coefficient (Wildman–Crippen LogP) is 7.61. The fraction of sp³-hybridized carbons (Fsp3) is 0.571. The van der Waals surface area contributed by atoms with Crippen LogP contribution in [0, 0.1) is 0 Å². The zero-order chi connectivity index (χ0) is 23.0. The lowest BCUT2D eigenvalue weighted by atomic mass is 9.71. The average Bonchev–Trinajstić information content (AvgIpc) is 2.64. The van der Waals surface area contributed by atoms with Crippen LogP contribution in [0.3, 0.4) is 0 Å². The molecule has 0 aliphatic rings. The zero-order valence-electron chi connectivity index (χ0n) is 20.9. The van der Waals surface area contributed by atoms with Crippen molar-refractivity contribution in [2.45, 2.75) is 106 Å². The van der Waals surface area contributed by atoms with Gasteiger partial charge in [0.15, 0.2) is 0 Å². The summed E-state index contributed by atoms with van der Waals surface area (Å²) in [7, 11) is 0. The molecule has 0 aromatic heterocycles. The molecular weight excluding hydrogens is 368 g/mol. The summed E-state index contributed by atoms with van der Waals surface area (Å²) in [5.74, 6) is 0.820. The third-order valence-corrected chi connectivity index (χ3v) is 6.33. The van der Waals surface area contributed by atoms with Gasteiger partial charge in [0.25, 0.3) is 0 Å². The van der Waals surface area contributed by atoms with Crippen LogP contribution in [0.1, 0.15) is 103 Å². The van der Waals surface area contributed by atoms with Crippen LogP contribution in [0.2, 0.25) is 0 Å². The van der Waals surface area contributed by atoms with Gasteiger partial charge in [0, 0.05) is 0 Å². The number of aromatic hydroxyl groups is 2. The zero-order valence-corrected chi connectivity index (χ0v) is 20.9. The van der Waals surface area contributed by atoms with Gasteiger partial charge in [-0.05, 0) is 93.2 Å². The second-order valence-electron chi connectivity index (χ2n) is 10.5. The molecule has 2 aromatic carbocycles. The van der Waals surface area contributed by atoms with Crippen molar-refractivity contribution in [2.75, 3.05) is 0 Å². The Morgan fingerprint density at radius 3 is 1.00 bits per heavy atom. The van der Waals surface area contributed by atoms with Crippen molar-refractivity contribution in [2.24, 2.45) is 0 Å². The normalized spacial score (nSPS) is 12.5. The molecule has 0 amide bonds. The van der Waals surface area contributed by atoms with E-state index in [9.17, 15) is 10.2 Å². The molecule has 0 fully saturated rings. The molecule has 0 saturated carbocycles. The molecule has 0 atom stereocenters. The van der Waals surface area contributed by atoms with Crippen LogP contribution in [-0.4, -0.2) is 10.2 Å². The van der Waals surface area contributed by atoms with E-state index in [-0.39, 0.29) is 10.8 Å². The molecule has 0 aliphatic heterocycles. The Morgan fingerprint density at radius 1 is 0.533 bits per heavy atom. The second kappa shape index (κ2) is 8.65. The molecule has 0 unspecified atom stereocenters. The highest BCUT2D eigenvalue weighted by Crippen LogP contribution is 2.48. The van der Waals surface area contributed by atoms with Crippen molar-refractivity contribution in [3.05, 3.63) is 45.5 Å². The molecule has 30 heavy (non-hydrogen) atoms. The smallest absolute Gasteiger partial charge is 0.119 e. The second-order valence-corrected chi connectivity index (χ2v) is 10.5. The summed E-state index contributed by atoms with van der Waals surface area (Å²) in [6.07, 6.45) is 3.34. The Morgan fingerprint density at radius 2 is 0.800 bits per heavy atom. The monoisotopic (exact) mass is 410 g/mol. The largest absolute Gasteiger partial charge is 0.508 e. The average molecular weight is 411 g/mol. The van der Waals surface area contributed by atoms with Gasteiger partial charge in [-0.2, -0.15) is 0 Å². The van der Waals surface area contributed by atoms with Crippen molar-refractivity contribution in [1.29, 1.82) is 0 Å². The summed E-state index contributed by atoms with van der Waals surface area (Å²) in [5, 5.41) is 21.8. The quantitative estimate of drug-likeness (QED) is 0.532. The fourth-order valence-electron chi connectivity index (χ4n) is 4.85.